The van der Waals surface area contributed by atoms with E-state index < -0.39 is 5.97 Å². The van der Waals surface area contributed by atoms with E-state index in [9.17, 15) is 4.79 Å². The monoisotopic (exact) mass is 180 g/mol. The Hall–Kier alpha value is -1.32. The second kappa shape index (κ2) is 2.87. The molecule has 0 aliphatic carbocycles. The molecule has 0 fully saturated rings. The Kier molecular flexibility index (Phi) is 1.83. The molecule has 1 N–H and O–H groups in total. The highest BCUT2D eigenvalue weighted by Gasteiger charge is 2.25. The minimum Gasteiger partial charge on any atom is -0.481 e. The van der Waals surface area contributed by atoms with Crippen molar-refractivity contribution in [2.45, 2.75) is 26.3 Å². The van der Waals surface area contributed by atoms with Crippen molar-refractivity contribution < 1.29 is 9.90 Å². The van der Waals surface area contributed by atoms with Crippen molar-refractivity contribution in [1.82, 2.24) is 9.55 Å². The van der Waals surface area contributed by atoms with Gasteiger partial charge in [-0.05, 0) is 13.3 Å². The summed E-state index contributed by atoms with van der Waals surface area (Å²) in [6.45, 7) is 2.72. The highest BCUT2D eigenvalue weighted by molar-refractivity contribution is 5.70. The van der Waals surface area contributed by atoms with Gasteiger partial charge < -0.3 is 9.67 Å². The smallest absolute Gasteiger partial charge is 0.307 e. The maximum Gasteiger partial charge on any atom is 0.307 e. The Morgan fingerprint density at radius 1 is 1.77 bits per heavy atom. The van der Waals surface area contributed by atoms with Gasteiger partial charge in [0.25, 0.3) is 0 Å². The third-order valence-corrected chi connectivity index (χ3v) is 2.48. The third kappa shape index (κ3) is 1.43. The second-order valence-electron chi connectivity index (χ2n) is 3.52. The fraction of sp³-hybridized carbons (Fsp3) is 0.556. The van der Waals surface area contributed by atoms with E-state index in [2.05, 4.69) is 9.55 Å². The number of carboxylic acids is 1. The van der Waals surface area contributed by atoms with Gasteiger partial charge in [0.2, 0.25) is 0 Å². The van der Waals surface area contributed by atoms with Gasteiger partial charge in [-0.3, -0.25) is 4.79 Å². The van der Waals surface area contributed by atoms with Crippen LogP contribution in [0.2, 0.25) is 0 Å². The van der Waals surface area contributed by atoms with Crippen LogP contribution in [0.3, 0.4) is 0 Å². The minimum absolute atomic E-state index is 0.241. The fourth-order valence-corrected chi connectivity index (χ4v) is 1.78. The Balaban J connectivity index is 2.24. The number of carbonyl (C=O) groups is 1. The molecule has 1 aliphatic heterocycles. The van der Waals surface area contributed by atoms with Crippen molar-refractivity contribution in [2.24, 2.45) is 5.92 Å². The molecule has 0 unspecified atom stereocenters. The topological polar surface area (TPSA) is 55.1 Å². The first-order chi connectivity index (χ1) is 6.16. The third-order valence-electron chi connectivity index (χ3n) is 2.48. The molecule has 0 saturated carbocycles. The SMILES string of the molecule is Cc1cn2c(n1)C[C@H](C(=O)O)CC2. The lowest BCUT2D eigenvalue weighted by Gasteiger charge is -2.19. The molecule has 13 heavy (non-hydrogen) atoms. The summed E-state index contributed by atoms with van der Waals surface area (Å²) in [5.74, 6) is -0.0302. The van der Waals surface area contributed by atoms with Gasteiger partial charge in [-0.15, -0.1) is 0 Å². The van der Waals surface area contributed by atoms with Gasteiger partial charge in [0.15, 0.2) is 0 Å². The Morgan fingerprint density at radius 2 is 2.54 bits per heavy atom. The van der Waals surface area contributed by atoms with Gasteiger partial charge in [-0.25, -0.2) is 4.98 Å². The predicted molar refractivity (Wildman–Crippen MR) is 46.4 cm³/mol. The normalized spacial score (nSPS) is 21.2. The van der Waals surface area contributed by atoms with Gasteiger partial charge in [-0.1, -0.05) is 0 Å². The zero-order valence-corrected chi connectivity index (χ0v) is 7.53. The average Bonchev–Trinajstić information content (AvgIpc) is 2.42. The van der Waals surface area contributed by atoms with Gasteiger partial charge in [0.05, 0.1) is 11.6 Å². The van der Waals surface area contributed by atoms with Gasteiger partial charge in [0, 0.05) is 19.2 Å². The lowest BCUT2D eigenvalue weighted by molar-refractivity contribution is -0.142. The van der Waals surface area contributed by atoms with Crippen LogP contribution in [-0.2, 0) is 17.8 Å². The van der Waals surface area contributed by atoms with Crippen molar-refractivity contribution in [3.05, 3.63) is 17.7 Å². The molecule has 0 spiro atoms. The molecule has 1 aliphatic rings. The highest BCUT2D eigenvalue weighted by Crippen LogP contribution is 2.20. The summed E-state index contributed by atoms with van der Waals surface area (Å²) in [5.41, 5.74) is 0.973. The van der Waals surface area contributed by atoms with Crippen molar-refractivity contribution in [1.29, 1.82) is 0 Å². The molecule has 0 radical (unpaired) electrons. The van der Waals surface area contributed by atoms with Gasteiger partial charge >= 0.3 is 5.97 Å². The van der Waals surface area contributed by atoms with Crippen LogP contribution in [0.1, 0.15) is 17.9 Å². The number of nitrogens with zero attached hydrogens (tertiary/aromatic N) is 2. The second-order valence-corrected chi connectivity index (χ2v) is 3.52. The molecular weight excluding hydrogens is 168 g/mol. The van der Waals surface area contributed by atoms with Gasteiger partial charge in [-0.2, -0.15) is 0 Å². The molecule has 0 amide bonds. The molecule has 1 atom stereocenters. The van der Waals surface area contributed by atoms with Crippen molar-refractivity contribution in [3.63, 3.8) is 0 Å². The minimum atomic E-state index is -0.702. The summed E-state index contributed by atoms with van der Waals surface area (Å²) in [4.78, 5) is 15.0. The van der Waals surface area contributed by atoms with Crippen LogP contribution in [0.25, 0.3) is 0 Å². The first-order valence-electron chi connectivity index (χ1n) is 4.42. The zero-order chi connectivity index (χ0) is 9.42. The summed E-state index contributed by atoms with van der Waals surface area (Å²) in [6.07, 6.45) is 3.27. The standard InChI is InChI=1S/C9H12N2O2/c1-6-5-11-3-2-7(9(12)13)4-8(11)10-6/h5,7H,2-4H2,1H3,(H,12,13)/t7-/m1/s1. The molecule has 0 bridgehead atoms. The molecule has 4 heteroatoms. The summed E-state index contributed by atoms with van der Waals surface area (Å²) in [5, 5.41) is 8.83. The first-order valence-corrected chi connectivity index (χ1v) is 4.42. The van der Waals surface area contributed by atoms with Crippen molar-refractivity contribution in [3.8, 4) is 0 Å². The van der Waals surface area contributed by atoms with E-state index in [0.717, 1.165) is 24.5 Å². The van der Waals surface area contributed by atoms with Crippen LogP contribution in [0, 0.1) is 12.8 Å². The molecule has 2 rings (SSSR count). The Bertz CT molecular complexity index is 343. The van der Waals surface area contributed by atoms with Gasteiger partial charge in [0.1, 0.15) is 5.82 Å². The number of aliphatic carboxylic acids is 1. The van der Waals surface area contributed by atoms with E-state index in [-0.39, 0.29) is 5.92 Å². The van der Waals surface area contributed by atoms with Crippen LogP contribution < -0.4 is 0 Å². The van der Waals surface area contributed by atoms with Crippen LogP contribution in [0.5, 0.6) is 0 Å². The lowest BCUT2D eigenvalue weighted by atomic mass is 9.98. The number of carboxylic acid groups (broad SMARTS) is 1. The average molecular weight is 180 g/mol. The fourth-order valence-electron chi connectivity index (χ4n) is 1.78. The van der Waals surface area contributed by atoms with E-state index in [1.165, 1.54) is 0 Å². The quantitative estimate of drug-likeness (QED) is 0.696. The molecule has 0 aromatic carbocycles. The zero-order valence-electron chi connectivity index (χ0n) is 7.53. The Morgan fingerprint density at radius 3 is 3.23 bits per heavy atom. The predicted octanol–water partition coefficient (Wildman–Crippen LogP) is 0.839. The number of imidazole rings is 1. The van der Waals surface area contributed by atoms with E-state index in [4.69, 9.17) is 5.11 Å². The maximum atomic E-state index is 10.7. The highest BCUT2D eigenvalue weighted by atomic mass is 16.4. The molecule has 1 aromatic heterocycles. The number of hydrogen-bond acceptors (Lipinski definition) is 2. The van der Waals surface area contributed by atoms with Crippen LogP contribution in [0.4, 0.5) is 0 Å². The molecule has 70 valence electrons. The van der Waals surface area contributed by atoms with Crippen LogP contribution in [0.15, 0.2) is 6.20 Å². The number of rotatable bonds is 1. The molecule has 2 heterocycles. The van der Waals surface area contributed by atoms with Crippen LogP contribution >= 0.6 is 0 Å². The van der Waals surface area contributed by atoms with E-state index in [1.54, 1.807) is 0 Å². The molecule has 1 aromatic rings. The lowest BCUT2D eigenvalue weighted by Crippen LogP contribution is -2.25. The number of fused-ring (bicyclic) bond motifs is 1. The summed E-state index contributed by atoms with van der Waals surface area (Å²) in [6, 6.07) is 0. The molecule has 0 saturated heterocycles. The van der Waals surface area contributed by atoms with E-state index in [0.29, 0.717) is 6.42 Å². The number of hydrogen-bond donors (Lipinski definition) is 1. The van der Waals surface area contributed by atoms with E-state index in [1.807, 2.05) is 13.1 Å². The summed E-state index contributed by atoms with van der Waals surface area (Å²) < 4.78 is 2.05. The largest absolute Gasteiger partial charge is 0.481 e. The molecule has 4 nitrogen and oxygen atoms in total. The maximum absolute atomic E-state index is 10.7. The number of aromatic nitrogens is 2. The van der Waals surface area contributed by atoms with Crippen molar-refractivity contribution >= 4 is 5.97 Å². The summed E-state index contributed by atoms with van der Waals surface area (Å²) in [7, 11) is 0. The van der Waals surface area contributed by atoms with Crippen molar-refractivity contribution in [2.75, 3.05) is 0 Å². The first kappa shape index (κ1) is 8.29. The Labute approximate surface area is 76.2 Å². The number of aryl methyl sites for hydroxylation is 2. The van der Waals surface area contributed by atoms with E-state index >= 15 is 0 Å². The molecular formula is C9H12N2O2. The van der Waals surface area contributed by atoms with Crippen LogP contribution in [-0.4, -0.2) is 20.6 Å². The summed E-state index contributed by atoms with van der Waals surface area (Å²) >= 11 is 0.